The molecule has 1 aliphatic heterocycles. The maximum atomic E-state index is 6.18. The summed E-state index contributed by atoms with van der Waals surface area (Å²) in [5, 5.41) is 2.61. The Morgan fingerprint density at radius 3 is 1.69 bits per heavy atom. The van der Waals surface area contributed by atoms with E-state index >= 15 is 0 Å². The van der Waals surface area contributed by atoms with E-state index in [1.54, 1.807) is 0 Å². The van der Waals surface area contributed by atoms with Crippen LogP contribution < -0.4 is 5.46 Å². The molecule has 4 aromatic rings. The molecule has 2 heterocycles. The van der Waals surface area contributed by atoms with Crippen LogP contribution in [0.15, 0.2) is 72.8 Å². The largest absolute Gasteiger partial charge is 0.494 e. The molecular weight excluding hydrogens is 357 g/mol. The van der Waals surface area contributed by atoms with Crippen LogP contribution in [-0.4, -0.2) is 22.9 Å². The molecule has 0 N–H and O–H groups in total. The fourth-order valence-corrected chi connectivity index (χ4v) is 4.12. The fourth-order valence-electron chi connectivity index (χ4n) is 4.12. The highest BCUT2D eigenvalue weighted by Crippen LogP contribution is 2.36. The molecule has 29 heavy (non-hydrogen) atoms. The van der Waals surface area contributed by atoms with Crippen molar-refractivity contribution < 1.29 is 9.31 Å². The van der Waals surface area contributed by atoms with Gasteiger partial charge in [0, 0.05) is 28.4 Å². The number of fused-ring (bicyclic) bond motifs is 3. The van der Waals surface area contributed by atoms with Crippen LogP contribution in [0.5, 0.6) is 0 Å². The van der Waals surface area contributed by atoms with Crippen LogP contribution in [-0.2, 0) is 15.9 Å². The lowest BCUT2D eigenvalue weighted by atomic mass is 9.79. The smallest absolute Gasteiger partial charge is 0.399 e. The van der Waals surface area contributed by atoms with Gasteiger partial charge in [0.25, 0.3) is 0 Å². The molecule has 3 aromatic carbocycles. The molecule has 5 rings (SSSR count). The predicted octanol–water partition coefficient (Wildman–Crippen LogP) is 5.14. The van der Waals surface area contributed by atoms with E-state index in [-0.39, 0.29) is 18.3 Å². The minimum atomic E-state index is -0.320. The van der Waals surface area contributed by atoms with Gasteiger partial charge in [-0.05, 0) is 50.9 Å². The van der Waals surface area contributed by atoms with Crippen LogP contribution in [0, 0.1) is 0 Å². The summed E-state index contributed by atoms with van der Waals surface area (Å²) in [6.45, 7) is 9.18. The van der Waals surface area contributed by atoms with Crippen molar-refractivity contribution in [2.45, 2.75) is 45.4 Å². The highest BCUT2D eigenvalue weighted by molar-refractivity contribution is 6.62. The summed E-state index contributed by atoms with van der Waals surface area (Å²) in [6, 6.07) is 25.9. The summed E-state index contributed by atoms with van der Waals surface area (Å²) < 4.78 is 14.8. The monoisotopic (exact) mass is 383 g/mol. The molecule has 4 heteroatoms. The Balaban J connectivity index is 1.47. The standard InChI is InChI=1S/C25H26BNO2/c1-24(2)25(3,4)29-26(28-24)19-15-13-18(14-16-19)17-27-22-11-7-5-9-20(22)21-10-6-8-12-23(21)27/h5-16H,17H2,1-4H3. The number of hydrogen-bond acceptors (Lipinski definition) is 2. The van der Waals surface area contributed by atoms with Crippen LogP contribution in [0.4, 0.5) is 0 Å². The molecule has 1 fully saturated rings. The molecule has 0 unspecified atom stereocenters. The van der Waals surface area contributed by atoms with Crippen molar-refractivity contribution in [3.63, 3.8) is 0 Å². The minimum absolute atomic E-state index is 0.317. The van der Waals surface area contributed by atoms with Crippen molar-refractivity contribution in [2.24, 2.45) is 0 Å². The van der Waals surface area contributed by atoms with Crippen molar-refractivity contribution in [3.8, 4) is 0 Å². The zero-order valence-corrected chi connectivity index (χ0v) is 17.5. The Bertz CT molecular complexity index is 1120. The van der Waals surface area contributed by atoms with Crippen molar-refractivity contribution in [1.29, 1.82) is 0 Å². The van der Waals surface area contributed by atoms with Gasteiger partial charge in [-0.25, -0.2) is 0 Å². The zero-order valence-electron chi connectivity index (χ0n) is 17.5. The predicted molar refractivity (Wildman–Crippen MR) is 121 cm³/mol. The van der Waals surface area contributed by atoms with Gasteiger partial charge in [-0.15, -0.1) is 0 Å². The van der Waals surface area contributed by atoms with E-state index in [1.165, 1.54) is 27.4 Å². The van der Waals surface area contributed by atoms with Gasteiger partial charge in [0.1, 0.15) is 0 Å². The number of benzene rings is 3. The van der Waals surface area contributed by atoms with E-state index in [0.717, 1.165) is 12.0 Å². The summed E-state index contributed by atoms with van der Waals surface area (Å²) in [5.74, 6) is 0. The van der Waals surface area contributed by atoms with Gasteiger partial charge in [0.15, 0.2) is 0 Å². The molecule has 0 amide bonds. The highest BCUT2D eigenvalue weighted by atomic mass is 16.7. The van der Waals surface area contributed by atoms with Crippen molar-refractivity contribution in [2.75, 3.05) is 0 Å². The minimum Gasteiger partial charge on any atom is -0.399 e. The zero-order chi connectivity index (χ0) is 20.2. The Kier molecular flexibility index (Phi) is 4.13. The Morgan fingerprint density at radius 1 is 0.690 bits per heavy atom. The second-order valence-electron chi connectivity index (χ2n) is 8.95. The summed E-state index contributed by atoms with van der Waals surface area (Å²) in [4.78, 5) is 0. The van der Waals surface area contributed by atoms with Crippen molar-refractivity contribution in [3.05, 3.63) is 78.4 Å². The summed E-state index contributed by atoms with van der Waals surface area (Å²) >= 11 is 0. The van der Waals surface area contributed by atoms with Crippen LogP contribution >= 0.6 is 0 Å². The normalized spacial score (nSPS) is 18.0. The molecule has 0 spiro atoms. The second-order valence-corrected chi connectivity index (χ2v) is 8.95. The molecule has 1 aromatic heterocycles. The molecule has 0 saturated carbocycles. The van der Waals surface area contributed by atoms with Crippen LogP contribution in [0.1, 0.15) is 33.3 Å². The lowest BCUT2D eigenvalue weighted by molar-refractivity contribution is 0.00578. The van der Waals surface area contributed by atoms with E-state index in [1.807, 2.05) is 0 Å². The maximum absolute atomic E-state index is 6.18. The SMILES string of the molecule is CC1(C)OB(c2ccc(Cn3c4ccccc4c4ccccc43)cc2)OC1(C)C. The first-order valence-corrected chi connectivity index (χ1v) is 10.3. The van der Waals surface area contributed by atoms with Crippen LogP contribution in [0.3, 0.4) is 0 Å². The number of hydrogen-bond donors (Lipinski definition) is 0. The first kappa shape index (κ1) is 18.5. The molecule has 0 atom stereocenters. The van der Waals surface area contributed by atoms with Gasteiger partial charge in [-0.1, -0.05) is 60.7 Å². The van der Waals surface area contributed by atoms with Crippen LogP contribution in [0.2, 0.25) is 0 Å². The third kappa shape index (κ3) is 2.99. The molecule has 146 valence electrons. The molecule has 0 radical (unpaired) electrons. The van der Waals surface area contributed by atoms with Crippen molar-refractivity contribution >= 4 is 34.4 Å². The molecule has 0 aliphatic carbocycles. The first-order chi connectivity index (χ1) is 13.9. The lowest BCUT2D eigenvalue weighted by Crippen LogP contribution is -2.41. The molecule has 1 aliphatic rings. The molecule has 1 saturated heterocycles. The summed E-state index contributed by atoms with van der Waals surface area (Å²) in [6.07, 6.45) is 0. The second kappa shape index (κ2) is 6.48. The van der Waals surface area contributed by atoms with Gasteiger partial charge in [-0.2, -0.15) is 0 Å². The third-order valence-electron chi connectivity index (χ3n) is 6.53. The van der Waals surface area contributed by atoms with Gasteiger partial charge >= 0.3 is 7.12 Å². The quantitative estimate of drug-likeness (QED) is 0.457. The average Bonchev–Trinajstić information content (AvgIpc) is 3.13. The summed E-state index contributed by atoms with van der Waals surface area (Å²) in [5.41, 5.74) is 4.22. The topological polar surface area (TPSA) is 23.4 Å². The van der Waals surface area contributed by atoms with E-state index in [9.17, 15) is 0 Å². The number of para-hydroxylation sites is 2. The van der Waals surface area contributed by atoms with Gasteiger partial charge < -0.3 is 13.9 Å². The van der Waals surface area contributed by atoms with Crippen LogP contribution in [0.25, 0.3) is 21.8 Å². The number of rotatable bonds is 3. The fraction of sp³-hybridized carbons (Fsp3) is 0.280. The average molecular weight is 383 g/mol. The highest BCUT2D eigenvalue weighted by Gasteiger charge is 2.51. The van der Waals surface area contributed by atoms with Gasteiger partial charge in [-0.3, -0.25) is 0 Å². The first-order valence-electron chi connectivity index (χ1n) is 10.3. The van der Waals surface area contributed by atoms with Gasteiger partial charge in [0.2, 0.25) is 0 Å². The maximum Gasteiger partial charge on any atom is 0.494 e. The Morgan fingerprint density at radius 2 is 1.17 bits per heavy atom. The van der Waals surface area contributed by atoms with E-state index in [2.05, 4.69) is 105 Å². The van der Waals surface area contributed by atoms with E-state index < -0.39 is 0 Å². The van der Waals surface area contributed by atoms with Gasteiger partial charge in [0.05, 0.1) is 11.2 Å². The molecule has 0 bridgehead atoms. The Labute approximate surface area is 172 Å². The lowest BCUT2D eigenvalue weighted by Gasteiger charge is -2.32. The number of nitrogens with zero attached hydrogens (tertiary/aromatic N) is 1. The summed E-state index contributed by atoms with van der Waals surface area (Å²) in [7, 11) is -0.317. The molecular formula is C25H26BNO2. The van der Waals surface area contributed by atoms with E-state index in [4.69, 9.17) is 9.31 Å². The molecule has 3 nitrogen and oxygen atoms in total. The van der Waals surface area contributed by atoms with Crippen molar-refractivity contribution in [1.82, 2.24) is 4.57 Å². The van der Waals surface area contributed by atoms with E-state index in [0.29, 0.717) is 0 Å². The number of aromatic nitrogens is 1. The Hall–Kier alpha value is -2.56. The third-order valence-corrected chi connectivity index (χ3v) is 6.53.